The number of aliphatic imine (C=N–C) groups is 1. The number of Topliss-reactive ketones (excluding diaryl/α,β-unsaturated/α-hetero) is 1. The Bertz CT molecular complexity index is 1400. The van der Waals surface area contributed by atoms with Gasteiger partial charge in [0.25, 0.3) is 5.91 Å². The molecule has 10 heteroatoms. The summed E-state index contributed by atoms with van der Waals surface area (Å²) in [6, 6.07) is 19.0. The van der Waals surface area contributed by atoms with Crippen molar-refractivity contribution in [2.45, 2.75) is 19.0 Å². The van der Waals surface area contributed by atoms with Gasteiger partial charge in [-0.1, -0.05) is 30.3 Å². The number of ketones is 1. The minimum atomic E-state index is -1.33. The zero-order chi connectivity index (χ0) is 26.7. The minimum Gasteiger partial charge on any atom is -0.395 e. The SMILES string of the molecule is CNc1cccc(NC(=O)NC2N=C(c3ccccn3)c3ccccc3N(CC(=O)C3(CO)CC3)C2=O)c1. The topological polar surface area (TPSA) is 136 Å². The minimum absolute atomic E-state index is 0.225. The maximum Gasteiger partial charge on any atom is 0.321 e. The Kier molecular flexibility index (Phi) is 6.89. The number of carbonyl (C=O) groups excluding carboxylic acids is 3. The van der Waals surface area contributed by atoms with Crippen LogP contribution in [0.3, 0.4) is 0 Å². The van der Waals surface area contributed by atoms with Crippen molar-refractivity contribution in [1.82, 2.24) is 10.3 Å². The van der Waals surface area contributed by atoms with E-state index in [-0.39, 0.29) is 18.9 Å². The van der Waals surface area contributed by atoms with E-state index in [9.17, 15) is 19.5 Å². The molecule has 10 nitrogen and oxygen atoms in total. The first kappa shape index (κ1) is 25.1. The summed E-state index contributed by atoms with van der Waals surface area (Å²) in [7, 11) is 1.77. The summed E-state index contributed by atoms with van der Waals surface area (Å²) in [5.74, 6) is -0.791. The standard InChI is InChI=1S/C28H28N6O4/c1-29-18-7-6-8-19(15-18)31-27(38)33-25-26(37)34(16-23(36)28(17-35)12-13-28)22-11-3-2-9-20(22)24(32-25)21-10-4-5-14-30-21/h2-11,14-15,25,29,35H,12-13,16-17H2,1H3,(H2,31,33,38). The van der Waals surface area contributed by atoms with Gasteiger partial charge < -0.3 is 26.0 Å². The number of urea groups is 1. The number of aliphatic hydroxyl groups excluding tert-OH is 1. The summed E-state index contributed by atoms with van der Waals surface area (Å²) in [5.41, 5.74) is 2.53. The maximum absolute atomic E-state index is 13.9. The average molecular weight is 513 g/mol. The van der Waals surface area contributed by atoms with Gasteiger partial charge in [-0.3, -0.25) is 14.6 Å². The van der Waals surface area contributed by atoms with Crippen LogP contribution in [-0.4, -0.2) is 59.9 Å². The molecule has 3 aromatic rings. The second-order valence-corrected chi connectivity index (χ2v) is 9.33. The van der Waals surface area contributed by atoms with Crippen molar-refractivity contribution in [3.63, 3.8) is 0 Å². The highest BCUT2D eigenvalue weighted by molar-refractivity contribution is 6.20. The Morgan fingerprint density at radius 2 is 1.82 bits per heavy atom. The molecule has 38 heavy (non-hydrogen) atoms. The van der Waals surface area contributed by atoms with E-state index in [1.807, 2.05) is 18.2 Å². The molecule has 1 aliphatic heterocycles. The van der Waals surface area contributed by atoms with Gasteiger partial charge >= 0.3 is 6.03 Å². The van der Waals surface area contributed by atoms with Crippen molar-refractivity contribution in [3.05, 3.63) is 84.2 Å². The Morgan fingerprint density at radius 1 is 1.05 bits per heavy atom. The van der Waals surface area contributed by atoms with Crippen LogP contribution in [-0.2, 0) is 9.59 Å². The number of hydrogen-bond acceptors (Lipinski definition) is 7. The van der Waals surface area contributed by atoms with Crippen molar-refractivity contribution in [3.8, 4) is 0 Å². The maximum atomic E-state index is 13.9. The Hall–Kier alpha value is -4.57. The van der Waals surface area contributed by atoms with E-state index in [1.54, 1.807) is 61.8 Å². The molecule has 0 saturated heterocycles. The van der Waals surface area contributed by atoms with E-state index >= 15 is 0 Å². The third kappa shape index (κ3) is 4.98. The number of aromatic nitrogens is 1. The second kappa shape index (κ2) is 10.4. The molecule has 1 aliphatic carbocycles. The van der Waals surface area contributed by atoms with Gasteiger partial charge in [0.15, 0.2) is 5.78 Å². The van der Waals surface area contributed by atoms with Crippen molar-refractivity contribution < 1.29 is 19.5 Å². The van der Waals surface area contributed by atoms with Crippen LogP contribution in [0, 0.1) is 5.41 Å². The van der Waals surface area contributed by atoms with E-state index in [2.05, 4.69) is 25.9 Å². The first-order chi connectivity index (χ1) is 18.4. The summed E-state index contributed by atoms with van der Waals surface area (Å²) in [4.78, 5) is 50.5. The number of amides is 3. The predicted octanol–water partition coefficient (Wildman–Crippen LogP) is 2.80. The highest BCUT2D eigenvalue weighted by atomic mass is 16.3. The van der Waals surface area contributed by atoms with Crippen LogP contribution in [0.15, 0.2) is 77.9 Å². The van der Waals surface area contributed by atoms with Gasteiger partial charge in [-0.05, 0) is 49.2 Å². The normalized spacial score (nSPS) is 17.5. The highest BCUT2D eigenvalue weighted by Crippen LogP contribution is 2.46. The molecule has 2 heterocycles. The van der Waals surface area contributed by atoms with E-state index in [0.717, 1.165) is 5.69 Å². The van der Waals surface area contributed by atoms with Crippen LogP contribution in [0.5, 0.6) is 0 Å². The van der Waals surface area contributed by atoms with Crippen LogP contribution in [0.2, 0.25) is 0 Å². The largest absolute Gasteiger partial charge is 0.395 e. The Morgan fingerprint density at radius 3 is 2.53 bits per heavy atom. The van der Waals surface area contributed by atoms with Gasteiger partial charge in [-0.2, -0.15) is 0 Å². The van der Waals surface area contributed by atoms with Gasteiger partial charge in [0, 0.05) is 30.2 Å². The zero-order valence-electron chi connectivity index (χ0n) is 20.8. The molecule has 194 valence electrons. The highest BCUT2D eigenvalue weighted by Gasteiger charge is 2.50. The number of aliphatic hydroxyl groups is 1. The van der Waals surface area contributed by atoms with Crippen molar-refractivity contribution >= 4 is 40.5 Å². The number of nitrogens with zero attached hydrogens (tertiary/aromatic N) is 3. The molecule has 0 radical (unpaired) electrons. The lowest BCUT2D eigenvalue weighted by Crippen LogP contribution is -2.50. The fraction of sp³-hybridized carbons (Fsp3) is 0.250. The predicted molar refractivity (Wildman–Crippen MR) is 144 cm³/mol. The van der Waals surface area contributed by atoms with E-state index in [0.29, 0.717) is 41.2 Å². The van der Waals surface area contributed by atoms with Crippen LogP contribution < -0.4 is 20.9 Å². The lowest BCUT2D eigenvalue weighted by molar-refractivity contribution is -0.127. The van der Waals surface area contributed by atoms with Crippen LogP contribution in [0.1, 0.15) is 24.1 Å². The van der Waals surface area contributed by atoms with Crippen LogP contribution >= 0.6 is 0 Å². The smallest absolute Gasteiger partial charge is 0.321 e. The average Bonchev–Trinajstić information content (AvgIpc) is 3.76. The lowest BCUT2D eigenvalue weighted by atomic mass is 10.00. The monoisotopic (exact) mass is 512 g/mol. The van der Waals surface area contributed by atoms with E-state index < -0.39 is 23.5 Å². The molecular weight excluding hydrogens is 484 g/mol. The number of rotatable bonds is 8. The molecular formula is C28H28N6O4. The number of anilines is 3. The third-order valence-corrected chi connectivity index (χ3v) is 6.84. The second-order valence-electron chi connectivity index (χ2n) is 9.33. The molecule has 2 aromatic carbocycles. The molecule has 5 rings (SSSR count). The number of pyridine rings is 1. The number of para-hydroxylation sites is 1. The molecule has 1 aromatic heterocycles. The lowest BCUT2D eigenvalue weighted by Gasteiger charge is -2.26. The fourth-order valence-corrected chi connectivity index (χ4v) is 4.42. The Balaban J connectivity index is 1.51. The zero-order valence-corrected chi connectivity index (χ0v) is 20.8. The summed E-state index contributed by atoms with van der Waals surface area (Å²) >= 11 is 0. The molecule has 0 bridgehead atoms. The number of hydrogen-bond donors (Lipinski definition) is 4. The van der Waals surface area contributed by atoms with Crippen molar-refractivity contribution in [2.24, 2.45) is 10.4 Å². The van der Waals surface area contributed by atoms with Gasteiger partial charge in [-0.15, -0.1) is 0 Å². The molecule has 1 fully saturated rings. The van der Waals surface area contributed by atoms with Crippen LogP contribution in [0.25, 0.3) is 0 Å². The quantitative estimate of drug-likeness (QED) is 0.367. The fourth-order valence-electron chi connectivity index (χ4n) is 4.42. The van der Waals surface area contributed by atoms with E-state index in [1.165, 1.54) is 4.90 Å². The number of fused-ring (bicyclic) bond motifs is 1. The number of carbonyl (C=O) groups is 3. The number of nitrogens with one attached hydrogen (secondary N) is 3. The molecule has 3 amide bonds. The molecule has 2 aliphatic rings. The van der Waals surface area contributed by atoms with Crippen LogP contribution in [0.4, 0.5) is 21.9 Å². The molecule has 1 saturated carbocycles. The van der Waals surface area contributed by atoms with Gasteiger partial charge in [0.05, 0.1) is 35.7 Å². The van der Waals surface area contributed by atoms with E-state index in [4.69, 9.17) is 0 Å². The summed E-state index contributed by atoms with van der Waals surface area (Å²) < 4.78 is 0. The molecule has 0 spiro atoms. The first-order valence-corrected chi connectivity index (χ1v) is 12.3. The molecule has 1 atom stereocenters. The Labute approximate surface area is 219 Å². The van der Waals surface area contributed by atoms with Gasteiger partial charge in [0.1, 0.15) is 0 Å². The summed E-state index contributed by atoms with van der Waals surface area (Å²) in [6.45, 7) is -0.508. The van der Waals surface area contributed by atoms with Crippen molar-refractivity contribution in [1.29, 1.82) is 0 Å². The molecule has 4 N–H and O–H groups in total. The summed E-state index contributed by atoms with van der Waals surface area (Å²) in [6.07, 6.45) is 1.45. The third-order valence-electron chi connectivity index (χ3n) is 6.84. The molecule has 1 unspecified atom stereocenters. The first-order valence-electron chi connectivity index (χ1n) is 12.3. The number of benzodiazepines with no additional fused rings is 1. The van der Waals surface area contributed by atoms with Gasteiger partial charge in [0.2, 0.25) is 6.17 Å². The van der Waals surface area contributed by atoms with Crippen molar-refractivity contribution in [2.75, 3.05) is 35.7 Å². The number of benzene rings is 2. The summed E-state index contributed by atoms with van der Waals surface area (Å²) in [5, 5.41) is 18.2. The van der Waals surface area contributed by atoms with Gasteiger partial charge in [-0.25, -0.2) is 9.79 Å².